The third-order valence-corrected chi connectivity index (χ3v) is 7.42. The maximum atomic E-state index is 13.7. The molecule has 0 saturated carbocycles. The molecular formula is C25H27N5O4S. The number of benzene rings is 2. The van der Waals surface area contributed by atoms with E-state index in [2.05, 4.69) is 15.0 Å². The van der Waals surface area contributed by atoms with Crippen molar-refractivity contribution in [2.24, 2.45) is 4.99 Å². The number of anilines is 2. The molecule has 0 radical (unpaired) electrons. The van der Waals surface area contributed by atoms with E-state index in [9.17, 15) is 13.2 Å². The molecule has 0 unspecified atom stereocenters. The van der Waals surface area contributed by atoms with Crippen LogP contribution in [0.5, 0.6) is 5.75 Å². The van der Waals surface area contributed by atoms with Crippen LogP contribution in [0, 0.1) is 0 Å². The van der Waals surface area contributed by atoms with Crippen molar-refractivity contribution in [3.8, 4) is 11.4 Å². The van der Waals surface area contributed by atoms with E-state index in [0.29, 0.717) is 30.0 Å². The van der Waals surface area contributed by atoms with Crippen LogP contribution in [0.15, 0.2) is 58.5 Å². The highest BCUT2D eigenvalue weighted by Crippen LogP contribution is 2.32. The van der Waals surface area contributed by atoms with Crippen LogP contribution in [-0.4, -0.2) is 62.9 Å². The minimum Gasteiger partial charge on any atom is -0.497 e. The van der Waals surface area contributed by atoms with Gasteiger partial charge in [0.2, 0.25) is 0 Å². The molecule has 10 heteroatoms. The van der Waals surface area contributed by atoms with Crippen molar-refractivity contribution < 1.29 is 17.9 Å². The smallest absolute Gasteiger partial charge is 0.277 e. The number of hydrogen-bond acceptors (Lipinski definition) is 7. The molecule has 5 rings (SSSR count). The summed E-state index contributed by atoms with van der Waals surface area (Å²) in [5.41, 5.74) is 3.09. The number of sulfone groups is 1. The van der Waals surface area contributed by atoms with E-state index in [1.54, 1.807) is 36.3 Å². The molecule has 0 aliphatic carbocycles. The molecule has 35 heavy (non-hydrogen) atoms. The fourth-order valence-corrected chi connectivity index (χ4v) is 5.50. The zero-order chi connectivity index (χ0) is 24.7. The van der Waals surface area contributed by atoms with Crippen LogP contribution in [-0.2, 0) is 16.3 Å². The minimum atomic E-state index is -3.62. The molecule has 1 aromatic heterocycles. The second-order valence-corrected chi connectivity index (χ2v) is 10.6. The first-order chi connectivity index (χ1) is 16.8. The zero-order valence-corrected chi connectivity index (χ0v) is 20.7. The molecule has 3 heterocycles. The molecule has 0 atom stereocenters. The van der Waals surface area contributed by atoms with Crippen LogP contribution in [0.4, 0.5) is 11.4 Å². The van der Waals surface area contributed by atoms with Crippen LogP contribution in [0.2, 0.25) is 0 Å². The van der Waals surface area contributed by atoms with Crippen molar-refractivity contribution in [2.45, 2.75) is 24.8 Å². The second kappa shape index (κ2) is 8.84. The summed E-state index contributed by atoms with van der Waals surface area (Å²) < 4.78 is 31.6. The second-order valence-electron chi connectivity index (χ2n) is 8.67. The quantitative estimate of drug-likeness (QED) is 0.542. The Morgan fingerprint density at radius 3 is 2.14 bits per heavy atom. The number of carbonyl (C=O) groups is 1. The molecule has 1 amide bonds. The average molecular weight is 494 g/mol. The molecule has 0 bridgehead atoms. The van der Waals surface area contributed by atoms with Crippen molar-refractivity contribution in [3.63, 3.8) is 0 Å². The number of carbonyl (C=O) groups excluding carboxylic acids is 1. The van der Waals surface area contributed by atoms with Gasteiger partial charge in [0.15, 0.2) is 14.9 Å². The van der Waals surface area contributed by atoms with Gasteiger partial charge in [0.1, 0.15) is 17.3 Å². The number of rotatable bonds is 5. The summed E-state index contributed by atoms with van der Waals surface area (Å²) in [6, 6.07) is 14.8. The van der Waals surface area contributed by atoms with Gasteiger partial charge in [-0.1, -0.05) is 0 Å². The Bertz CT molecular complexity index is 1410. The first-order valence-corrected chi connectivity index (χ1v) is 13.3. The molecular weight excluding hydrogens is 466 g/mol. The Kier molecular flexibility index (Phi) is 5.84. The molecule has 0 fully saturated rings. The average Bonchev–Trinajstić information content (AvgIpc) is 3.26. The first-order valence-electron chi connectivity index (χ1n) is 11.4. The van der Waals surface area contributed by atoms with Gasteiger partial charge in [0, 0.05) is 42.8 Å². The summed E-state index contributed by atoms with van der Waals surface area (Å²) >= 11 is 0. The molecule has 182 valence electrons. The molecule has 3 aromatic rings. The molecule has 0 N–H and O–H groups in total. The van der Waals surface area contributed by atoms with Crippen molar-refractivity contribution in [2.75, 3.05) is 42.8 Å². The number of hydrogen-bond donors (Lipinski definition) is 0. The topological polar surface area (TPSA) is 97.1 Å². The van der Waals surface area contributed by atoms with Gasteiger partial charge >= 0.3 is 0 Å². The third kappa shape index (κ3) is 4.18. The van der Waals surface area contributed by atoms with Gasteiger partial charge in [-0.05, 0) is 68.3 Å². The van der Waals surface area contributed by atoms with E-state index in [0.717, 1.165) is 43.0 Å². The Hall–Kier alpha value is -3.66. The van der Waals surface area contributed by atoms with Crippen molar-refractivity contribution in [3.05, 3.63) is 59.8 Å². The van der Waals surface area contributed by atoms with E-state index in [-0.39, 0.29) is 16.6 Å². The summed E-state index contributed by atoms with van der Waals surface area (Å²) in [7, 11) is -2.05. The summed E-state index contributed by atoms with van der Waals surface area (Å²) in [6.07, 6.45) is 2.51. The SMILES string of the molecule is COc1ccc(-n2nc(S(C)(=O)=O)c3c2C(=O)N(c2ccc(N4CCCN=C4C)cc2)CC3)cc1. The van der Waals surface area contributed by atoms with Gasteiger partial charge in [-0.2, -0.15) is 5.10 Å². The molecule has 2 aliphatic heterocycles. The van der Waals surface area contributed by atoms with E-state index in [4.69, 9.17) is 4.74 Å². The predicted molar refractivity (Wildman–Crippen MR) is 135 cm³/mol. The fraction of sp³-hybridized carbons (Fsp3) is 0.320. The fourth-order valence-electron chi connectivity index (χ4n) is 4.63. The highest BCUT2D eigenvalue weighted by atomic mass is 32.2. The van der Waals surface area contributed by atoms with Gasteiger partial charge in [-0.15, -0.1) is 0 Å². The standard InChI is InChI=1S/C25H27N5O4S/c1-17-26-14-4-15-28(17)18-5-7-19(8-6-18)29-16-13-22-23(25(29)31)30(27-24(22)35(3,32)33)20-9-11-21(34-2)12-10-20/h5-12H,4,13-16H2,1-3H3. The number of nitrogens with zero attached hydrogens (tertiary/aromatic N) is 5. The lowest BCUT2D eigenvalue weighted by atomic mass is 10.1. The largest absolute Gasteiger partial charge is 0.497 e. The number of methoxy groups -OCH3 is 1. The zero-order valence-electron chi connectivity index (χ0n) is 19.9. The summed E-state index contributed by atoms with van der Waals surface area (Å²) in [5.74, 6) is 1.35. The minimum absolute atomic E-state index is 0.0495. The van der Waals surface area contributed by atoms with Crippen molar-refractivity contribution >= 4 is 33.0 Å². The van der Waals surface area contributed by atoms with Gasteiger partial charge in [0.05, 0.1) is 12.8 Å². The maximum absolute atomic E-state index is 13.7. The van der Waals surface area contributed by atoms with Gasteiger partial charge < -0.3 is 14.5 Å². The van der Waals surface area contributed by atoms with Crippen LogP contribution < -0.4 is 14.5 Å². The van der Waals surface area contributed by atoms with E-state index in [1.807, 2.05) is 31.2 Å². The Balaban J connectivity index is 1.53. The van der Waals surface area contributed by atoms with Gasteiger partial charge in [-0.3, -0.25) is 9.79 Å². The van der Waals surface area contributed by atoms with Crippen LogP contribution in [0.1, 0.15) is 29.4 Å². The van der Waals surface area contributed by atoms with Gasteiger partial charge in [0.25, 0.3) is 5.91 Å². The Labute approximate surface area is 204 Å². The Morgan fingerprint density at radius 2 is 1.54 bits per heavy atom. The number of aliphatic imine (C=N–C) groups is 1. The van der Waals surface area contributed by atoms with E-state index in [1.165, 1.54) is 4.68 Å². The molecule has 2 aliphatic rings. The predicted octanol–water partition coefficient (Wildman–Crippen LogP) is 3.12. The number of fused-ring (bicyclic) bond motifs is 1. The maximum Gasteiger partial charge on any atom is 0.277 e. The van der Waals surface area contributed by atoms with Crippen molar-refractivity contribution in [1.82, 2.24) is 9.78 Å². The highest BCUT2D eigenvalue weighted by molar-refractivity contribution is 7.90. The third-order valence-electron chi connectivity index (χ3n) is 6.39. The monoisotopic (exact) mass is 493 g/mol. The molecule has 9 nitrogen and oxygen atoms in total. The molecule has 0 saturated heterocycles. The summed E-state index contributed by atoms with van der Waals surface area (Å²) in [6.45, 7) is 4.13. The normalized spacial score (nSPS) is 16.2. The number of amidine groups is 1. The summed E-state index contributed by atoms with van der Waals surface area (Å²) in [4.78, 5) is 22.1. The lowest BCUT2D eigenvalue weighted by Crippen LogP contribution is -2.39. The number of amides is 1. The first kappa shape index (κ1) is 23.1. The summed E-state index contributed by atoms with van der Waals surface area (Å²) in [5, 5.41) is 4.32. The van der Waals surface area contributed by atoms with E-state index >= 15 is 0 Å². The number of ether oxygens (including phenoxy) is 1. The van der Waals surface area contributed by atoms with Gasteiger partial charge in [-0.25, -0.2) is 13.1 Å². The van der Waals surface area contributed by atoms with Crippen LogP contribution in [0.3, 0.4) is 0 Å². The lowest BCUT2D eigenvalue weighted by molar-refractivity contribution is 0.0973. The number of aromatic nitrogens is 2. The van der Waals surface area contributed by atoms with Crippen LogP contribution >= 0.6 is 0 Å². The molecule has 2 aromatic carbocycles. The molecule has 0 spiro atoms. The van der Waals surface area contributed by atoms with Crippen LogP contribution in [0.25, 0.3) is 5.69 Å². The Morgan fingerprint density at radius 1 is 0.914 bits per heavy atom. The van der Waals surface area contributed by atoms with Crippen molar-refractivity contribution in [1.29, 1.82) is 0 Å². The van der Waals surface area contributed by atoms with E-state index < -0.39 is 9.84 Å². The highest BCUT2D eigenvalue weighted by Gasteiger charge is 2.36. The lowest BCUT2D eigenvalue weighted by Gasteiger charge is -2.30.